The van der Waals surface area contributed by atoms with Crippen LogP contribution in [0.3, 0.4) is 0 Å². The second-order valence-corrected chi connectivity index (χ2v) is 9.14. The lowest BCUT2D eigenvalue weighted by Crippen LogP contribution is -2.50. The van der Waals surface area contributed by atoms with Crippen molar-refractivity contribution in [2.24, 2.45) is 0 Å². The molecule has 0 saturated carbocycles. The molecule has 0 aromatic heterocycles. The number of hydrogen-bond acceptors (Lipinski definition) is 3. The van der Waals surface area contributed by atoms with Gasteiger partial charge in [0, 0.05) is 5.02 Å². The van der Waals surface area contributed by atoms with Gasteiger partial charge in [-0.1, -0.05) is 61.3 Å². The molecular weight excluding hydrogens is 396 g/mol. The monoisotopic (exact) mass is 422 g/mol. The number of rotatable bonds is 8. The summed E-state index contributed by atoms with van der Waals surface area (Å²) in [5.41, 5.74) is 2.51. The van der Waals surface area contributed by atoms with Crippen molar-refractivity contribution in [3.8, 4) is 0 Å². The molecule has 0 aliphatic rings. The average molecular weight is 423 g/mol. The van der Waals surface area contributed by atoms with Crippen LogP contribution in [-0.2, 0) is 14.8 Å². The molecule has 2 rings (SSSR count). The number of carbonyl (C=O) groups excluding carboxylic acids is 1. The molecule has 0 aliphatic carbocycles. The highest BCUT2D eigenvalue weighted by molar-refractivity contribution is 7.92. The zero-order valence-corrected chi connectivity index (χ0v) is 18.2. The summed E-state index contributed by atoms with van der Waals surface area (Å²) in [5.74, 6) is -0.333. The van der Waals surface area contributed by atoms with E-state index in [1.54, 1.807) is 31.2 Å². The molecule has 2 aromatic rings. The third kappa shape index (κ3) is 5.49. The highest BCUT2D eigenvalue weighted by Gasteiger charge is 2.32. The SMILES string of the molecule is CCC(NC(=O)C(CC)N(c1cccc(Cl)c1)S(C)(=O)=O)c1ccc(C)cc1. The van der Waals surface area contributed by atoms with Crippen LogP contribution in [0.4, 0.5) is 5.69 Å². The normalized spacial score (nSPS) is 13.6. The van der Waals surface area contributed by atoms with E-state index in [-0.39, 0.29) is 11.9 Å². The van der Waals surface area contributed by atoms with E-state index in [4.69, 9.17) is 11.6 Å². The van der Waals surface area contributed by atoms with Crippen molar-refractivity contribution in [1.82, 2.24) is 5.32 Å². The quantitative estimate of drug-likeness (QED) is 0.682. The number of nitrogens with one attached hydrogen (secondary N) is 1. The van der Waals surface area contributed by atoms with E-state index in [0.717, 1.165) is 21.7 Å². The Hall–Kier alpha value is -2.05. The Balaban J connectivity index is 2.34. The fourth-order valence-electron chi connectivity index (χ4n) is 3.16. The summed E-state index contributed by atoms with van der Waals surface area (Å²) in [7, 11) is -3.69. The van der Waals surface area contributed by atoms with Crippen LogP contribution in [0.5, 0.6) is 0 Å². The van der Waals surface area contributed by atoms with E-state index >= 15 is 0 Å². The zero-order chi connectivity index (χ0) is 20.9. The molecule has 28 heavy (non-hydrogen) atoms. The molecule has 0 aliphatic heterocycles. The van der Waals surface area contributed by atoms with E-state index in [1.165, 1.54) is 0 Å². The van der Waals surface area contributed by atoms with Crippen molar-refractivity contribution >= 4 is 33.2 Å². The number of sulfonamides is 1. The van der Waals surface area contributed by atoms with Crippen LogP contribution in [0.2, 0.25) is 5.02 Å². The number of amides is 1. The van der Waals surface area contributed by atoms with Crippen LogP contribution in [0.1, 0.15) is 43.9 Å². The van der Waals surface area contributed by atoms with Crippen LogP contribution < -0.4 is 9.62 Å². The van der Waals surface area contributed by atoms with Crippen LogP contribution in [0.25, 0.3) is 0 Å². The number of nitrogens with zero attached hydrogens (tertiary/aromatic N) is 1. The van der Waals surface area contributed by atoms with E-state index in [1.807, 2.05) is 38.1 Å². The second-order valence-electron chi connectivity index (χ2n) is 6.84. The van der Waals surface area contributed by atoms with Gasteiger partial charge < -0.3 is 5.32 Å². The van der Waals surface area contributed by atoms with Crippen LogP contribution in [0.15, 0.2) is 48.5 Å². The first-order valence-electron chi connectivity index (χ1n) is 9.29. The molecule has 0 spiro atoms. The standard InChI is InChI=1S/C21H27ClN2O3S/c1-5-19(16-12-10-15(3)11-13-16)23-21(25)20(6-2)24(28(4,26)27)18-9-7-8-17(22)14-18/h7-14,19-20H,5-6H2,1-4H3,(H,23,25). The number of hydrogen-bond donors (Lipinski definition) is 1. The first-order chi connectivity index (χ1) is 13.2. The fourth-order valence-corrected chi connectivity index (χ4v) is 4.55. The Bertz CT molecular complexity index is 914. The van der Waals surface area contributed by atoms with Gasteiger partial charge in [0.1, 0.15) is 6.04 Å². The summed E-state index contributed by atoms with van der Waals surface area (Å²) in [6.45, 7) is 5.78. The third-order valence-corrected chi connectivity index (χ3v) is 6.01. The number of aryl methyl sites for hydroxylation is 1. The molecule has 0 bridgehead atoms. The van der Waals surface area contributed by atoms with Gasteiger partial charge in [0.05, 0.1) is 18.0 Å². The Kier molecular flexibility index (Phi) is 7.49. The third-order valence-electron chi connectivity index (χ3n) is 4.60. The molecule has 7 heteroatoms. The molecule has 152 valence electrons. The van der Waals surface area contributed by atoms with Gasteiger partial charge in [-0.05, 0) is 43.5 Å². The maximum absolute atomic E-state index is 13.1. The minimum Gasteiger partial charge on any atom is -0.347 e. The highest BCUT2D eigenvalue weighted by atomic mass is 35.5. The lowest BCUT2D eigenvalue weighted by molar-refractivity contribution is -0.123. The van der Waals surface area contributed by atoms with E-state index in [0.29, 0.717) is 23.6 Å². The van der Waals surface area contributed by atoms with Crippen molar-refractivity contribution in [3.63, 3.8) is 0 Å². The summed E-state index contributed by atoms with van der Waals surface area (Å²) < 4.78 is 26.2. The van der Waals surface area contributed by atoms with Crippen LogP contribution >= 0.6 is 11.6 Å². The Morgan fingerprint density at radius 1 is 1.11 bits per heavy atom. The molecule has 0 radical (unpaired) electrons. The molecule has 2 unspecified atom stereocenters. The zero-order valence-electron chi connectivity index (χ0n) is 16.6. The molecule has 2 atom stereocenters. The highest BCUT2D eigenvalue weighted by Crippen LogP contribution is 2.26. The largest absolute Gasteiger partial charge is 0.347 e. The van der Waals surface area contributed by atoms with Crippen molar-refractivity contribution in [2.75, 3.05) is 10.6 Å². The molecule has 1 N–H and O–H groups in total. The van der Waals surface area contributed by atoms with Crippen molar-refractivity contribution in [1.29, 1.82) is 0 Å². The van der Waals surface area contributed by atoms with Crippen molar-refractivity contribution in [2.45, 2.75) is 45.7 Å². The minimum atomic E-state index is -3.69. The number of benzene rings is 2. The van der Waals surface area contributed by atoms with Gasteiger partial charge in [0.2, 0.25) is 15.9 Å². The lowest BCUT2D eigenvalue weighted by Gasteiger charge is -2.31. The predicted molar refractivity (Wildman–Crippen MR) is 115 cm³/mol. The molecule has 1 amide bonds. The van der Waals surface area contributed by atoms with E-state index in [2.05, 4.69) is 5.32 Å². The van der Waals surface area contributed by atoms with Gasteiger partial charge in [0.25, 0.3) is 0 Å². The van der Waals surface area contributed by atoms with Gasteiger partial charge in [-0.2, -0.15) is 0 Å². The Morgan fingerprint density at radius 3 is 2.25 bits per heavy atom. The Labute approximate surface area is 172 Å². The van der Waals surface area contributed by atoms with Crippen LogP contribution in [0, 0.1) is 6.92 Å². The maximum atomic E-state index is 13.1. The summed E-state index contributed by atoms with van der Waals surface area (Å²) >= 11 is 6.04. The number of anilines is 1. The minimum absolute atomic E-state index is 0.192. The molecule has 2 aromatic carbocycles. The van der Waals surface area contributed by atoms with E-state index in [9.17, 15) is 13.2 Å². The molecule has 0 saturated heterocycles. The predicted octanol–water partition coefficient (Wildman–Crippen LogP) is 4.46. The number of halogens is 1. The molecule has 0 heterocycles. The second kappa shape index (κ2) is 9.43. The van der Waals surface area contributed by atoms with Gasteiger partial charge >= 0.3 is 0 Å². The summed E-state index contributed by atoms with van der Waals surface area (Å²) in [4.78, 5) is 13.1. The molecular formula is C21H27ClN2O3S. The maximum Gasteiger partial charge on any atom is 0.244 e. The van der Waals surface area contributed by atoms with Gasteiger partial charge in [-0.25, -0.2) is 8.42 Å². The van der Waals surface area contributed by atoms with Crippen LogP contribution in [-0.4, -0.2) is 26.6 Å². The fraction of sp³-hybridized carbons (Fsp3) is 0.381. The van der Waals surface area contributed by atoms with Crippen molar-refractivity contribution in [3.05, 3.63) is 64.7 Å². The van der Waals surface area contributed by atoms with Gasteiger partial charge in [0.15, 0.2) is 0 Å². The summed E-state index contributed by atoms with van der Waals surface area (Å²) in [5, 5.41) is 3.42. The number of carbonyl (C=O) groups is 1. The Morgan fingerprint density at radius 2 is 1.75 bits per heavy atom. The smallest absolute Gasteiger partial charge is 0.244 e. The molecule has 5 nitrogen and oxygen atoms in total. The van der Waals surface area contributed by atoms with E-state index < -0.39 is 16.1 Å². The van der Waals surface area contributed by atoms with Gasteiger partial charge in [-0.3, -0.25) is 9.10 Å². The summed E-state index contributed by atoms with van der Waals surface area (Å²) in [6.07, 6.45) is 2.12. The molecule has 0 fully saturated rings. The average Bonchev–Trinajstić information content (AvgIpc) is 2.63. The van der Waals surface area contributed by atoms with Gasteiger partial charge in [-0.15, -0.1) is 0 Å². The lowest BCUT2D eigenvalue weighted by atomic mass is 10.0. The topological polar surface area (TPSA) is 66.5 Å². The summed E-state index contributed by atoms with van der Waals surface area (Å²) in [6, 6.07) is 13.4. The first kappa shape index (κ1) is 22.2. The first-order valence-corrected chi connectivity index (χ1v) is 11.5. The van der Waals surface area contributed by atoms with Crippen molar-refractivity contribution < 1.29 is 13.2 Å².